The van der Waals surface area contributed by atoms with Gasteiger partial charge in [-0.1, -0.05) is 6.92 Å². The average Bonchev–Trinajstić information content (AvgIpc) is 1.38. The minimum absolute atomic E-state index is 0.472. The molecule has 0 atom stereocenters. The second-order valence-electron chi connectivity index (χ2n) is 0.798. The zero-order chi connectivity index (χ0) is 4.28. The fourth-order valence-corrected chi connectivity index (χ4v) is 0. The molecule has 0 rings (SSSR count). The first kappa shape index (κ1) is 4.92. The maximum Gasteiger partial charge on any atom is -0.0446 e. The Morgan fingerprint density at radius 2 is 2.20 bits per heavy atom. The first-order valence-electron chi connectivity index (χ1n) is 1.52. The molecule has 0 radical (unpaired) electrons. The molecule has 0 amide bonds. The van der Waals surface area contributed by atoms with Gasteiger partial charge in [0.05, 0.1) is 0 Å². The molecule has 0 aromatic heterocycles. The minimum Gasteiger partial charge on any atom is -0.814 e. The summed E-state index contributed by atoms with van der Waals surface area (Å²) in [5.74, 6) is 0. The molecule has 2 nitrogen and oxygen atoms in total. The van der Waals surface area contributed by atoms with Gasteiger partial charge in [0.1, 0.15) is 0 Å². The van der Waals surface area contributed by atoms with Crippen LogP contribution < -0.4 is 0 Å². The zero-order valence-electron chi connectivity index (χ0n) is 3.27. The van der Waals surface area contributed by atoms with E-state index in [0.29, 0.717) is 11.6 Å². The number of hydrogen-bond donors (Lipinski definition) is 0. The summed E-state index contributed by atoms with van der Waals surface area (Å²) in [5.41, 5.74) is 0. The molecule has 32 valence electrons. The van der Waals surface area contributed by atoms with E-state index in [0.717, 1.165) is 0 Å². The van der Waals surface area contributed by atoms with Gasteiger partial charge in [-0.05, 0) is 6.54 Å². The van der Waals surface area contributed by atoms with Crippen molar-refractivity contribution < 1.29 is 0 Å². The van der Waals surface area contributed by atoms with Crippen LogP contribution in [0.3, 0.4) is 0 Å². The summed E-state index contributed by atoms with van der Waals surface area (Å²) < 4.78 is 0. The third kappa shape index (κ3) is 3.92. The number of hydrogen-bond acceptors (Lipinski definition) is 2. The quantitative estimate of drug-likeness (QED) is 0.335. The molecule has 5 heavy (non-hydrogen) atoms. The molecule has 0 fully saturated rings. The smallest absolute Gasteiger partial charge is 0.0446 e. The highest BCUT2D eigenvalue weighted by molar-refractivity contribution is 4.45. The molecule has 0 saturated carbocycles. The van der Waals surface area contributed by atoms with E-state index < -0.39 is 0 Å². The van der Waals surface area contributed by atoms with Gasteiger partial charge in [-0.2, -0.15) is 0 Å². The molecule has 0 saturated heterocycles. The Hall–Kier alpha value is -0.0800. The van der Waals surface area contributed by atoms with Gasteiger partial charge >= 0.3 is 0 Å². The van der Waals surface area contributed by atoms with Crippen molar-refractivity contribution in [2.24, 2.45) is 0 Å². The van der Waals surface area contributed by atoms with Crippen molar-refractivity contribution in [1.29, 1.82) is 0 Å². The third-order valence-electron chi connectivity index (χ3n) is 0.353. The van der Waals surface area contributed by atoms with Crippen molar-refractivity contribution >= 4 is 0 Å². The molecule has 0 aromatic rings. The van der Waals surface area contributed by atoms with Crippen molar-refractivity contribution in [3.8, 4) is 0 Å². The van der Waals surface area contributed by atoms with Crippen LogP contribution >= 0.6 is 0 Å². The van der Waals surface area contributed by atoms with Gasteiger partial charge in [-0.25, -0.2) is 0 Å². The van der Waals surface area contributed by atoms with E-state index >= 15 is 0 Å². The lowest BCUT2D eigenvalue weighted by atomic mass is 10.8. The Bertz CT molecular complexity index is 20.9. The summed E-state index contributed by atoms with van der Waals surface area (Å²) in [7, 11) is 3.03. The van der Waals surface area contributed by atoms with Crippen LogP contribution in [0.1, 0.15) is 6.92 Å². The summed E-state index contributed by atoms with van der Waals surface area (Å²) >= 11 is 0. The predicted molar refractivity (Wildman–Crippen MR) is 21.1 cm³/mol. The van der Waals surface area contributed by atoms with E-state index in [4.69, 9.17) is 0 Å². The van der Waals surface area contributed by atoms with Crippen molar-refractivity contribution in [2.75, 3.05) is 6.54 Å². The average molecular weight is 73.1 g/mol. The molecule has 2 heteroatoms. The highest BCUT2D eigenvalue weighted by atomic mass is 16.5. The molecule has 0 spiro atoms. The van der Waals surface area contributed by atoms with Crippen molar-refractivity contribution in [2.45, 2.75) is 6.92 Å². The Morgan fingerprint density at radius 3 is 2.20 bits per heavy atom. The first-order chi connectivity index (χ1) is 2.27. The Labute approximate surface area is 32.0 Å². The van der Waals surface area contributed by atoms with Gasteiger partial charge in [-0.3, -0.25) is 7.05 Å². The first-order valence-corrected chi connectivity index (χ1v) is 1.52. The molecule has 0 N–H and O–H groups in total. The van der Waals surface area contributed by atoms with Crippen LogP contribution in [0.4, 0.5) is 0 Å². The molecular formula is C3H7NO-2. The number of nitrogens with zero attached hydrogens (tertiary/aromatic N) is 1. The van der Waals surface area contributed by atoms with Crippen LogP contribution in [0.2, 0.25) is 0 Å². The standard InChI is InChI=1S/C3H7NO/c1-3-4(2)5/h2-3H2,1H3/q-2. The van der Waals surface area contributed by atoms with Gasteiger partial charge in [0.2, 0.25) is 0 Å². The predicted octanol–water partition coefficient (Wildman–Crippen LogP) is 0.598. The van der Waals surface area contributed by atoms with Crippen LogP contribution in [0.25, 0.3) is 0 Å². The van der Waals surface area contributed by atoms with Crippen LogP contribution in [0.5, 0.6) is 0 Å². The lowest BCUT2D eigenvalue weighted by Gasteiger charge is -2.29. The summed E-state index contributed by atoms with van der Waals surface area (Å²) in [4.78, 5) is 0. The Morgan fingerprint density at radius 1 is 2.00 bits per heavy atom. The van der Waals surface area contributed by atoms with Gasteiger partial charge < -0.3 is 10.3 Å². The second kappa shape index (κ2) is 2.18. The van der Waals surface area contributed by atoms with Crippen LogP contribution in [0, 0.1) is 12.3 Å². The molecule has 0 aliphatic heterocycles. The van der Waals surface area contributed by atoms with Crippen molar-refractivity contribution in [3.63, 3.8) is 0 Å². The fraction of sp³-hybridized carbons (Fsp3) is 0.667. The van der Waals surface area contributed by atoms with Gasteiger partial charge in [0.25, 0.3) is 0 Å². The van der Waals surface area contributed by atoms with Crippen LogP contribution in [0.15, 0.2) is 0 Å². The molecule has 0 aliphatic rings. The highest BCUT2D eigenvalue weighted by Gasteiger charge is 1.52. The third-order valence-corrected chi connectivity index (χ3v) is 0.353. The van der Waals surface area contributed by atoms with E-state index in [1.54, 1.807) is 6.92 Å². The SMILES string of the molecule is [CH2-]N([O-])CC. The van der Waals surface area contributed by atoms with E-state index in [1.165, 1.54) is 0 Å². The second-order valence-corrected chi connectivity index (χ2v) is 0.798. The van der Waals surface area contributed by atoms with E-state index in [-0.39, 0.29) is 0 Å². The molecular weight excluding hydrogens is 66.0 g/mol. The van der Waals surface area contributed by atoms with Gasteiger partial charge in [0.15, 0.2) is 0 Å². The Balaban J connectivity index is 2.54. The lowest BCUT2D eigenvalue weighted by molar-refractivity contribution is 0.534. The van der Waals surface area contributed by atoms with Crippen LogP contribution in [-0.2, 0) is 0 Å². The lowest BCUT2D eigenvalue weighted by Crippen LogP contribution is -2.02. The Kier molecular flexibility index (Phi) is 2.14. The normalized spacial score (nSPS) is 9.60. The monoisotopic (exact) mass is 73.1 g/mol. The summed E-state index contributed by atoms with van der Waals surface area (Å²) in [6.45, 7) is 2.22. The van der Waals surface area contributed by atoms with Gasteiger partial charge in [0, 0.05) is 0 Å². The largest absolute Gasteiger partial charge is 0.814 e. The zero-order valence-corrected chi connectivity index (χ0v) is 3.27. The van der Waals surface area contributed by atoms with Crippen molar-refractivity contribution in [3.05, 3.63) is 12.3 Å². The molecule has 0 bridgehead atoms. The van der Waals surface area contributed by atoms with Crippen molar-refractivity contribution in [1.82, 2.24) is 5.06 Å². The maximum atomic E-state index is 9.62. The van der Waals surface area contributed by atoms with Gasteiger partial charge in [-0.15, -0.1) is 0 Å². The topological polar surface area (TPSA) is 26.3 Å². The minimum atomic E-state index is 0.472. The molecule has 0 unspecified atom stereocenters. The summed E-state index contributed by atoms with van der Waals surface area (Å²) in [6, 6.07) is 0. The molecule has 0 aromatic carbocycles. The van der Waals surface area contributed by atoms with E-state index in [1.807, 2.05) is 0 Å². The van der Waals surface area contributed by atoms with Crippen LogP contribution in [-0.4, -0.2) is 11.6 Å². The summed E-state index contributed by atoms with van der Waals surface area (Å²) in [6.07, 6.45) is 0. The van der Waals surface area contributed by atoms with E-state index in [9.17, 15) is 5.21 Å². The number of hydroxylamine groups is 2. The number of rotatable bonds is 1. The molecule has 0 aliphatic carbocycles. The highest BCUT2D eigenvalue weighted by Crippen LogP contribution is 1.70. The fourth-order valence-electron chi connectivity index (χ4n) is 0. The molecule has 0 heterocycles. The maximum absolute atomic E-state index is 9.62. The van der Waals surface area contributed by atoms with E-state index in [2.05, 4.69) is 7.05 Å². The summed E-state index contributed by atoms with van der Waals surface area (Å²) in [5, 5.41) is 10.2.